The summed E-state index contributed by atoms with van der Waals surface area (Å²) in [5, 5.41) is 11.3. The third kappa shape index (κ3) is 4.46. The summed E-state index contributed by atoms with van der Waals surface area (Å²) in [6.45, 7) is 1.67. The molecule has 1 heterocycles. The number of furan rings is 1. The van der Waals surface area contributed by atoms with E-state index in [1.807, 2.05) is 0 Å². The molecule has 0 bridgehead atoms. The van der Waals surface area contributed by atoms with Gasteiger partial charge in [-0.2, -0.15) is 0 Å². The molecule has 0 radical (unpaired) electrons. The van der Waals surface area contributed by atoms with Crippen molar-refractivity contribution < 1.29 is 28.6 Å². The van der Waals surface area contributed by atoms with Gasteiger partial charge in [-0.05, 0) is 19.4 Å². The zero-order valence-corrected chi connectivity index (χ0v) is 10.6. The molecular formula is C12H15NO6. The summed E-state index contributed by atoms with van der Waals surface area (Å²) >= 11 is 0. The lowest BCUT2D eigenvalue weighted by atomic mass is 10.1. The summed E-state index contributed by atoms with van der Waals surface area (Å²) < 4.78 is 9.37. The molecule has 1 aromatic rings. The fourth-order valence-corrected chi connectivity index (χ4v) is 1.43. The number of rotatable bonds is 6. The molecule has 1 atom stereocenters. The van der Waals surface area contributed by atoms with Gasteiger partial charge in [0.1, 0.15) is 18.1 Å². The summed E-state index contributed by atoms with van der Waals surface area (Å²) in [4.78, 5) is 33.7. The van der Waals surface area contributed by atoms with Gasteiger partial charge in [0.05, 0.1) is 12.7 Å². The Balaban J connectivity index is 2.61. The fourth-order valence-electron chi connectivity index (χ4n) is 1.43. The quantitative estimate of drug-likeness (QED) is 0.737. The van der Waals surface area contributed by atoms with Crippen LogP contribution in [0.2, 0.25) is 0 Å². The van der Waals surface area contributed by atoms with Crippen LogP contribution in [0, 0.1) is 6.92 Å². The number of nitrogens with one attached hydrogen (secondary N) is 1. The maximum Gasteiger partial charge on any atom is 0.326 e. The first kappa shape index (κ1) is 14.7. The van der Waals surface area contributed by atoms with Gasteiger partial charge in [-0.25, -0.2) is 4.79 Å². The third-order valence-electron chi connectivity index (χ3n) is 2.46. The number of hydrogen-bond acceptors (Lipinski definition) is 5. The first-order valence-corrected chi connectivity index (χ1v) is 5.59. The Bertz CT molecular complexity index is 478. The Hall–Kier alpha value is -2.31. The van der Waals surface area contributed by atoms with Crippen LogP contribution in [0.15, 0.2) is 16.7 Å². The molecule has 7 nitrogen and oxygen atoms in total. The van der Waals surface area contributed by atoms with Gasteiger partial charge >= 0.3 is 11.9 Å². The Labute approximate surface area is 109 Å². The Morgan fingerprint density at radius 2 is 2.16 bits per heavy atom. The Morgan fingerprint density at radius 1 is 1.47 bits per heavy atom. The minimum Gasteiger partial charge on any atom is -0.480 e. The van der Waals surface area contributed by atoms with E-state index < -0.39 is 23.9 Å². The number of aryl methyl sites for hydroxylation is 1. The van der Waals surface area contributed by atoms with Gasteiger partial charge in [-0.1, -0.05) is 0 Å². The van der Waals surface area contributed by atoms with E-state index in [9.17, 15) is 14.4 Å². The summed E-state index contributed by atoms with van der Waals surface area (Å²) in [7, 11) is 1.21. The smallest absolute Gasteiger partial charge is 0.326 e. The average Bonchev–Trinajstić information content (AvgIpc) is 2.80. The lowest BCUT2D eigenvalue weighted by molar-refractivity contribution is -0.142. The number of amides is 1. The number of carboxylic acids is 1. The monoisotopic (exact) mass is 269 g/mol. The third-order valence-corrected chi connectivity index (χ3v) is 2.46. The van der Waals surface area contributed by atoms with Gasteiger partial charge in [0, 0.05) is 6.42 Å². The van der Waals surface area contributed by atoms with E-state index in [-0.39, 0.29) is 18.4 Å². The first-order valence-electron chi connectivity index (χ1n) is 5.59. The van der Waals surface area contributed by atoms with Crippen LogP contribution in [0.1, 0.15) is 29.0 Å². The van der Waals surface area contributed by atoms with Crippen LogP contribution >= 0.6 is 0 Å². The van der Waals surface area contributed by atoms with Gasteiger partial charge < -0.3 is 19.6 Å². The minimum absolute atomic E-state index is 0.0371. The highest BCUT2D eigenvalue weighted by molar-refractivity contribution is 5.96. The van der Waals surface area contributed by atoms with E-state index in [4.69, 9.17) is 9.52 Å². The van der Waals surface area contributed by atoms with Crippen LogP contribution in [0.4, 0.5) is 0 Å². The molecule has 0 aliphatic heterocycles. The van der Waals surface area contributed by atoms with Crippen LogP contribution in [0.3, 0.4) is 0 Å². The van der Waals surface area contributed by atoms with Crippen molar-refractivity contribution in [2.24, 2.45) is 0 Å². The molecule has 0 saturated heterocycles. The number of methoxy groups -OCH3 is 1. The summed E-state index contributed by atoms with van der Waals surface area (Å²) in [5.41, 5.74) is 0.238. The average molecular weight is 269 g/mol. The number of carboxylic acid groups (broad SMARTS) is 1. The van der Waals surface area contributed by atoms with Gasteiger partial charge in [0.15, 0.2) is 0 Å². The molecule has 0 aliphatic rings. The normalized spacial score (nSPS) is 11.7. The van der Waals surface area contributed by atoms with Crippen LogP contribution in [0.5, 0.6) is 0 Å². The lowest BCUT2D eigenvalue weighted by Gasteiger charge is -2.12. The van der Waals surface area contributed by atoms with Gasteiger partial charge in [-0.15, -0.1) is 0 Å². The largest absolute Gasteiger partial charge is 0.480 e. The van der Waals surface area contributed by atoms with Crippen LogP contribution in [0.25, 0.3) is 0 Å². The summed E-state index contributed by atoms with van der Waals surface area (Å²) in [6, 6.07) is 0.343. The maximum absolute atomic E-state index is 11.7. The van der Waals surface area contributed by atoms with E-state index in [1.165, 1.54) is 19.4 Å². The van der Waals surface area contributed by atoms with Crippen molar-refractivity contribution in [3.8, 4) is 0 Å². The fraction of sp³-hybridized carbons (Fsp3) is 0.417. The van der Waals surface area contributed by atoms with Gasteiger partial charge in [0.2, 0.25) is 0 Å². The molecule has 0 saturated carbocycles. The van der Waals surface area contributed by atoms with Crippen molar-refractivity contribution in [1.82, 2.24) is 5.32 Å². The molecule has 2 N–H and O–H groups in total. The number of esters is 1. The molecule has 0 spiro atoms. The molecule has 1 rings (SSSR count). The summed E-state index contributed by atoms with van der Waals surface area (Å²) in [6.07, 6.45) is 1.12. The predicted octanol–water partition coefficient (Wildman–Crippen LogP) is 0.724. The highest BCUT2D eigenvalue weighted by Gasteiger charge is 2.22. The summed E-state index contributed by atoms with van der Waals surface area (Å²) in [5.74, 6) is -1.75. The zero-order valence-electron chi connectivity index (χ0n) is 10.6. The Kier molecular flexibility index (Phi) is 5.11. The number of carbonyl (C=O) groups excluding carboxylic acids is 2. The van der Waals surface area contributed by atoms with Crippen molar-refractivity contribution in [2.75, 3.05) is 7.11 Å². The number of hydrogen-bond donors (Lipinski definition) is 2. The zero-order chi connectivity index (χ0) is 14.4. The highest BCUT2D eigenvalue weighted by Crippen LogP contribution is 2.07. The molecular weight excluding hydrogens is 254 g/mol. The first-order chi connectivity index (χ1) is 8.93. The van der Waals surface area contributed by atoms with Crippen molar-refractivity contribution in [3.63, 3.8) is 0 Å². The molecule has 0 aromatic carbocycles. The molecule has 7 heteroatoms. The number of carbonyl (C=O) groups is 3. The predicted molar refractivity (Wildman–Crippen MR) is 63.6 cm³/mol. The SMILES string of the molecule is COC(=O)CC[C@@H](NC(=O)c1coc(C)c1)C(=O)O. The molecule has 1 aromatic heterocycles. The number of ether oxygens (including phenoxy) is 1. The topological polar surface area (TPSA) is 106 Å². The molecule has 0 fully saturated rings. The second-order valence-corrected chi connectivity index (χ2v) is 3.93. The molecule has 0 unspecified atom stereocenters. The molecule has 0 aliphatic carbocycles. The molecule has 104 valence electrons. The van der Waals surface area contributed by atoms with Crippen molar-refractivity contribution in [2.45, 2.75) is 25.8 Å². The van der Waals surface area contributed by atoms with Crippen molar-refractivity contribution in [3.05, 3.63) is 23.7 Å². The minimum atomic E-state index is -1.21. The Morgan fingerprint density at radius 3 is 2.63 bits per heavy atom. The van der Waals surface area contributed by atoms with E-state index in [0.717, 1.165) is 0 Å². The van der Waals surface area contributed by atoms with Gasteiger partial charge in [-0.3, -0.25) is 9.59 Å². The van der Waals surface area contributed by atoms with Crippen LogP contribution < -0.4 is 5.32 Å². The highest BCUT2D eigenvalue weighted by atomic mass is 16.5. The lowest BCUT2D eigenvalue weighted by Crippen LogP contribution is -2.41. The second kappa shape index (κ2) is 6.58. The van der Waals surface area contributed by atoms with E-state index in [1.54, 1.807) is 6.92 Å². The van der Waals surface area contributed by atoms with Crippen LogP contribution in [-0.2, 0) is 14.3 Å². The molecule has 1 amide bonds. The van der Waals surface area contributed by atoms with E-state index in [2.05, 4.69) is 10.1 Å². The second-order valence-electron chi connectivity index (χ2n) is 3.93. The van der Waals surface area contributed by atoms with E-state index in [0.29, 0.717) is 5.76 Å². The van der Waals surface area contributed by atoms with Crippen molar-refractivity contribution >= 4 is 17.8 Å². The standard InChI is InChI=1S/C12H15NO6/c1-7-5-8(6-19-7)11(15)13-9(12(16)17)3-4-10(14)18-2/h5-6,9H,3-4H2,1-2H3,(H,13,15)(H,16,17)/t9-/m1/s1. The van der Waals surface area contributed by atoms with Gasteiger partial charge in [0.25, 0.3) is 5.91 Å². The van der Waals surface area contributed by atoms with Crippen molar-refractivity contribution in [1.29, 1.82) is 0 Å². The maximum atomic E-state index is 11.7. The van der Waals surface area contributed by atoms with Crippen LogP contribution in [-0.4, -0.2) is 36.1 Å². The number of aliphatic carboxylic acids is 1. The molecule has 19 heavy (non-hydrogen) atoms. The van der Waals surface area contributed by atoms with E-state index >= 15 is 0 Å².